The third-order valence-electron chi connectivity index (χ3n) is 2.91. The smallest absolute Gasteiger partial charge is 0.258 e. The van der Waals surface area contributed by atoms with Crippen LogP contribution in [0.1, 0.15) is 27.3 Å². The number of carbonyl (C=O) groups excluding carboxylic acids is 1. The average Bonchev–Trinajstić information content (AvgIpc) is 2.71. The molecule has 6 nitrogen and oxygen atoms in total. The SMILES string of the molecule is Cc1ccc(C(=O)Nc2c(C(N)=S)cnn2C)c(C)n1. The van der Waals surface area contributed by atoms with Crippen LogP contribution in [-0.4, -0.2) is 25.7 Å². The molecule has 7 heteroatoms. The number of aryl methyl sites for hydroxylation is 3. The number of anilines is 1. The molecular formula is C13H15N5OS. The molecule has 0 spiro atoms. The molecule has 0 aliphatic heterocycles. The fourth-order valence-corrected chi connectivity index (χ4v) is 2.02. The van der Waals surface area contributed by atoms with Gasteiger partial charge in [0.15, 0.2) is 0 Å². The van der Waals surface area contributed by atoms with Crippen molar-refractivity contribution in [3.63, 3.8) is 0 Å². The zero-order valence-electron chi connectivity index (χ0n) is 11.5. The van der Waals surface area contributed by atoms with E-state index in [0.717, 1.165) is 5.69 Å². The van der Waals surface area contributed by atoms with E-state index in [4.69, 9.17) is 18.0 Å². The highest BCUT2D eigenvalue weighted by molar-refractivity contribution is 7.80. The van der Waals surface area contributed by atoms with Crippen LogP contribution in [0.2, 0.25) is 0 Å². The van der Waals surface area contributed by atoms with Crippen LogP contribution in [0.4, 0.5) is 5.82 Å². The fraction of sp³-hybridized carbons (Fsp3) is 0.231. The summed E-state index contributed by atoms with van der Waals surface area (Å²) < 4.78 is 1.52. The van der Waals surface area contributed by atoms with Crippen molar-refractivity contribution in [1.82, 2.24) is 14.8 Å². The number of nitrogens with one attached hydrogen (secondary N) is 1. The summed E-state index contributed by atoms with van der Waals surface area (Å²) >= 11 is 4.94. The molecule has 3 N–H and O–H groups in total. The molecule has 0 bridgehead atoms. The van der Waals surface area contributed by atoms with Crippen LogP contribution >= 0.6 is 12.2 Å². The van der Waals surface area contributed by atoms with Crippen LogP contribution in [-0.2, 0) is 7.05 Å². The Bertz CT molecular complexity index is 692. The van der Waals surface area contributed by atoms with E-state index >= 15 is 0 Å². The number of pyridine rings is 1. The zero-order valence-corrected chi connectivity index (χ0v) is 12.3. The molecule has 0 fully saturated rings. The van der Waals surface area contributed by atoms with Gasteiger partial charge in [-0.05, 0) is 26.0 Å². The molecule has 20 heavy (non-hydrogen) atoms. The lowest BCUT2D eigenvalue weighted by molar-refractivity contribution is 0.102. The Morgan fingerprint density at radius 3 is 2.65 bits per heavy atom. The molecule has 0 unspecified atom stereocenters. The van der Waals surface area contributed by atoms with Crippen LogP contribution in [0.25, 0.3) is 0 Å². The average molecular weight is 289 g/mol. The maximum Gasteiger partial charge on any atom is 0.258 e. The Morgan fingerprint density at radius 1 is 1.35 bits per heavy atom. The zero-order chi connectivity index (χ0) is 14.9. The molecule has 2 heterocycles. The van der Waals surface area contributed by atoms with E-state index in [9.17, 15) is 4.79 Å². The van der Waals surface area contributed by atoms with Crippen molar-refractivity contribution in [2.45, 2.75) is 13.8 Å². The summed E-state index contributed by atoms with van der Waals surface area (Å²) in [6.45, 7) is 3.67. The first-order chi connectivity index (χ1) is 9.40. The minimum atomic E-state index is -0.267. The van der Waals surface area contributed by atoms with Crippen molar-refractivity contribution in [3.05, 3.63) is 40.8 Å². The molecular weight excluding hydrogens is 274 g/mol. The molecule has 2 aromatic rings. The Balaban J connectivity index is 2.33. The van der Waals surface area contributed by atoms with Gasteiger partial charge in [-0.15, -0.1) is 0 Å². The number of thiocarbonyl (C=S) groups is 1. The van der Waals surface area contributed by atoms with E-state index < -0.39 is 0 Å². The van der Waals surface area contributed by atoms with Crippen LogP contribution < -0.4 is 11.1 Å². The highest BCUT2D eigenvalue weighted by Crippen LogP contribution is 2.16. The van der Waals surface area contributed by atoms with E-state index in [1.165, 1.54) is 10.9 Å². The molecule has 104 valence electrons. The summed E-state index contributed by atoms with van der Waals surface area (Å²) in [6.07, 6.45) is 1.53. The van der Waals surface area contributed by atoms with Gasteiger partial charge in [0, 0.05) is 12.7 Å². The van der Waals surface area contributed by atoms with Crippen LogP contribution in [0, 0.1) is 13.8 Å². The van der Waals surface area contributed by atoms with Gasteiger partial charge in [-0.1, -0.05) is 12.2 Å². The van der Waals surface area contributed by atoms with E-state index in [1.54, 1.807) is 26.1 Å². The molecule has 0 saturated carbocycles. The van der Waals surface area contributed by atoms with Gasteiger partial charge in [0.1, 0.15) is 10.8 Å². The van der Waals surface area contributed by atoms with Crippen LogP contribution in [0.3, 0.4) is 0 Å². The number of carbonyl (C=O) groups is 1. The van der Waals surface area contributed by atoms with Gasteiger partial charge in [-0.2, -0.15) is 5.10 Å². The van der Waals surface area contributed by atoms with Crippen molar-refractivity contribution in [3.8, 4) is 0 Å². The van der Waals surface area contributed by atoms with E-state index in [-0.39, 0.29) is 10.9 Å². The Kier molecular flexibility index (Phi) is 3.80. The second kappa shape index (κ2) is 5.38. The summed E-state index contributed by atoms with van der Waals surface area (Å²) in [7, 11) is 1.71. The number of aromatic nitrogens is 3. The minimum absolute atomic E-state index is 0.187. The first-order valence-electron chi connectivity index (χ1n) is 5.97. The second-order valence-corrected chi connectivity index (χ2v) is 4.87. The molecule has 0 atom stereocenters. The standard InChI is InChI=1S/C13H15N5OS/c1-7-4-5-9(8(2)16-7)13(19)17-12-10(11(14)20)6-15-18(12)3/h4-6H,1-3H3,(H2,14,20)(H,17,19). The number of nitrogens with two attached hydrogens (primary N) is 1. The third kappa shape index (κ3) is 2.67. The van der Waals surface area contributed by atoms with E-state index in [1.807, 2.05) is 6.92 Å². The van der Waals surface area contributed by atoms with E-state index in [2.05, 4.69) is 15.4 Å². The summed E-state index contributed by atoms with van der Waals surface area (Å²) in [5.41, 5.74) is 8.18. The van der Waals surface area contributed by atoms with Crippen LogP contribution in [0.5, 0.6) is 0 Å². The molecule has 0 saturated heterocycles. The number of amides is 1. The molecule has 1 amide bonds. The Morgan fingerprint density at radius 2 is 2.05 bits per heavy atom. The quantitative estimate of drug-likeness (QED) is 0.832. The summed E-state index contributed by atoms with van der Waals surface area (Å²) in [4.78, 5) is 16.8. The lowest BCUT2D eigenvalue weighted by Crippen LogP contribution is -2.20. The van der Waals surface area contributed by atoms with E-state index in [0.29, 0.717) is 22.6 Å². The highest BCUT2D eigenvalue weighted by atomic mass is 32.1. The van der Waals surface area contributed by atoms with Crippen molar-refractivity contribution in [2.24, 2.45) is 12.8 Å². The molecule has 0 aliphatic carbocycles. The monoisotopic (exact) mass is 289 g/mol. The largest absolute Gasteiger partial charge is 0.389 e. The van der Waals surface area contributed by atoms with Gasteiger partial charge in [-0.3, -0.25) is 14.5 Å². The van der Waals surface area contributed by atoms with Gasteiger partial charge in [0.05, 0.1) is 23.0 Å². The predicted octanol–water partition coefficient (Wildman–Crippen LogP) is 1.32. The van der Waals surface area contributed by atoms with Crippen molar-refractivity contribution in [2.75, 3.05) is 5.32 Å². The second-order valence-electron chi connectivity index (χ2n) is 4.43. The van der Waals surface area contributed by atoms with Gasteiger partial charge >= 0.3 is 0 Å². The third-order valence-corrected chi connectivity index (χ3v) is 3.13. The van der Waals surface area contributed by atoms with Gasteiger partial charge in [0.2, 0.25) is 0 Å². The normalized spacial score (nSPS) is 10.3. The highest BCUT2D eigenvalue weighted by Gasteiger charge is 2.16. The molecule has 0 aliphatic rings. The molecule has 2 rings (SSSR count). The van der Waals surface area contributed by atoms with Gasteiger partial charge in [-0.25, -0.2) is 0 Å². The number of hydrogen-bond acceptors (Lipinski definition) is 4. The summed E-state index contributed by atoms with van der Waals surface area (Å²) in [5, 5.41) is 6.81. The van der Waals surface area contributed by atoms with Gasteiger partial charge < -0.3 is 11.1 Å². The maximum absolute atomic E-state index is 12.3. The Labute approximate surface area is 122 Å². The molecule has 0 radical (unpaired) electrons. The lowest BCUT2D eigenvalue weighted by Gasteiger charge is -2.09. The van der Waals surface area contributed by atoms with Crippen molar-refractivity contribution >= 4 is 28.9 Å². The number of rotatable bonds is 3. The first-order valence-corrected chi connectivity index (χ1v) is 6.38. The topological polar surface area (TPSA) is 85.8 Å². The lowest BCUT2D eigenvalue weighted by atomic mass is 10.1. The fourth-order valence-electron chi connectivity index (χ4n) is 1.87. The van der Waals surface area contributed by atoms with Crippen molar-refractivity contribution < 1.29 is 4.79 Å². The summed E-state index contributed by atoms with van der Waals surface area (Å²) in [5.74, 6) is 0.207. The van der Waals surface area contributed by atoms with Gasteiger partial charge in [0.25, 0.3) is 5.91 Å². The number of hydrogen-bond donors (Lipinski definition) is 2. The molecule has 0 aromatic carbocycles. The Hall–Kier alpha value is -2.28. The predicted molar refractivity (Wildman–Crippen MR) is 80.8 cm³/mol. The first kappa shape index (κ1) is 14.1. The van der Waals surface area contributed by atoms with Crippen LogP contribution in [0.15, 0.2) is 18.3 Å². The minimum Gasteiger partial charge on any atom is -0.389 e. The maximum atomic E-state index is 12.3. The van der Waals surface area contributed by atoms with Crippen molar-refractivity contribution in [1.29, 1.82) is 0 Å². The summed E-state index contributed by atoms with van der Waals surface area (Å²) in [6, 6.07) is 3.53. The molecule has 2 aromatic heterocycles. The number of nitrogens with zero attached hydrogens (tertiary/aromatic N) is 3.